The third-order valence-corrected chi connectivity index (χ3v) is 7.29. The molecule has 1 N–H and O–H groups in total. The number of nitrogens with zero attached hydrogens (tertiary/aromatic N) is 2. The van der Waals surface area contributed by atoms with Crippen LogP contribution in [0.2, 0.25) is 0 Å². The summed E-state index contributed by atoms with van der Waals surface area (Å²) in [5, 5.41) is 0. The maximum atomic E-state index is 13.3. The molecule has 0 bridgehead atoms. The first kappa shape index (κ1) is 23.2. The minimum absolute atomic E-state index is 0.0515. The molecule has 33 heavy (non-hydrogen) atoms. The summed E-state index contributed by atoms with van der Waals surface area (Å²) >= 11 is 0. The monoisotopic (exact) mass is 467 g/mol. The molecule has 1 saturated heterocycles. The molecule has 0 radical (unpaired) electrons. The second-order valence-corrected chi connectivity index (χ2v) is 10.1. The number of amides is 1. The molecule has 1 amide bonds. The van der Waals surface area contributed by atoms with Crippen LogP contribution < -0.4 is 4.72 Å². The molecule has 2 aromatic carbocycles. The molecule has 0 unspecified atom stereocenters. The van der Waals surface area contributed by atoms with Gasteiger partial charge in [-0.1, -0.05) is 36.4 Å². The fourth-order valence-corrected chi connectivity index (χ4v) is 5.02. The zero-order chi connectivity index (χ0) is 23.3. The Morgan fingerprint density at radius 1 is 1.00 bits per heavy atom. The van der Waals surface area contributed by atoms with E-state index in [1.54, 1.807) is 18.2 Å². The molecule has 7 nitrogen and oxygen atoms in total. The van der Waals surface area contributed by atoms with Crippen LogP contribution in [0.3, 0.4) is 0 Å². The van der Waals surface area contributed by atoms with Crippen molar-refractivity contribution in [3.8, 4) is 0 Å². The molecule has 4 rings (SSSR count). The van der Waals surface area contributed by atoms with Gasteiger partial charge in [0, 0.05) is 38.3 Å². The Balaban J connectivity index is 1.44. The number of carbonyl (C=O) groups excluding carboxylic acids is 1. The molecular weight excluding hydrogens is 438 g/mol. The van der Waals surface area contributed by atoms with Crippen molar-refractivity contribution in [1.82, 2.24) is 14.5 Å². The van der Waals surface area contributed by atoms with Gasteiger partial charge in [-0.25, -0.2) is 13.1 Å². The average Bonchev–Trinajstić information content (AvgIpc) is 3.24. The van der Waals surface area contributed by atoms with E-state index in [0.29, 0.717) is 24.4 Å². The van der Waals surface area contributed by atoms with Gasteiger partial charge < -0.3 is 9.32 Å². The van der Waals surface area contributed by atoms with Crippen LogP contribution >= 0.6 is 0 Å². The van der Waals surface area contributed by atoms with E-state index in [1.165, 1.54) is 24.0 Å². The fraction of sp³-hybridized carbons (Fsp3) is 0.320. The molecule has 0 saturated carbocycles. The Bertz CT molecular complexity index is 1180. The number of benzene rings is 2. The van der Waals surface area contributed by atoms with E-state index < -0.39 is 10.0 Å². The minimum atomic E-state index is -3.78. The fourth-order valence-electron chi connectivity index (χ4n) is 4.01. The molecular formula is C25H29N3O4S. The molecule has 3 aromatic rings. The number of nitrogens with one attached hydrogen (secondary N) is 1. The van der Waals surface area contributed by atoms with Crippen LogP contribution in [-0.4, -0.2) is 50.3 Å². The summed E-state index contributed by atoms with van der Waals surface area (Å²) in [4.78, 5) is 17.6. The van der Waals surface area contributed by atoms with Crippen molar-refractivity contribution in [3.05, 3.63) is 89.4 Å². The Morgan fingerprint density at radius 2 is 1.82 bits per heavy atom. The van der Waals surface area contributed by atoms with Crippen LogP contribution in [0, 0.1) is 6.92 Å². The molecule has 2 heterocycles. The maximum absolute atomic E-state index is 13.3. The molecule has 0 aliphatic carbocycles. The largest absolute Gasteiger partial charge is 0.468 e. The van der Waals surface area contributed by atoms with Gasteiger partial charge in [-0.05, 0) is 48.7 Å². The number of aryl methyl sites for hydroxylation is 1. The third kappa shape index (κ3) is 5.90. The first-order valence-corrected chi connectivity index (χ1v) is 12.6. The highest BCUT2D eigenvalue weighted by Gasteiger charge is 2.24. The zero-order valence-corrected chi connectivity index (χ0v) is 19.6. The van der Waals surface area contributed by atoms with Crippen LogP contribution in [0.15, 0.2) is 76.2 Å². The predicted molar refractivity (Wildman–Crippen MR) is 126 cm³/mol. The smallest absolute Gasteiger partial charge is 0.254 e. The van der Waals surface area contributed by atoms with Gasteiger partial charge in [0.1, 0.15) is 5.76 Å². The summed E-state index contributed by atoms with van der Waals surface area (Å²) in [7, 11) is -3.78. The second-order valence-electron chi connectivity index (χ2n) is 8.29. The normalized spacial score (nSPS) is 15.4. The Hall–Kier alpha value is -2.94. The average molecular weight is 468 g/mol. The highest BCUT2D eigenvalue weighted by atomic mass is 32.2. The number of hydrogen-bond donors (Lipinski definition) is 1. The van der Waals surface area contributed by atoms with Gasteiger partial charge in [0.05, 0.1) is 17.7 Å². The summed E-state index contributed by atoms with van der Waals surface area (Å²) in [6.07, 6.45) is 2.37. The number of furan rings is 1. The quantitative estimate of drug-likeness (QED) is 0.576. The predicted octanol–water partition coefficient (Wildman–Crippen LogP) is 3.41. The van der Waals surface area contributed by atoms with Gasteiger partial charge in [-0.2, -0.15) is 0 Å². The van der Waals surface area contributed by atoms with Crippen LogP contribution in [-0.2, 0) is 23.1 Å². The first-order chi connectivity index (χ1) is 15.9. The lowest BCUT2D eigenvalue weighted by Crippen LogP contribution is -2.35. The van der Waals surface area contributed by atoms with E-state index in [0.717, 1.165) is 31.6 Å². The second kappa shape index (κ2) is 10.3. The third-order valence-electron chi connectivity index (χ3n) is 5.89. The van der Waals surface area contributed by atoms with Gasteiger partial charge in [-0.3, -0.25) is 9.69 Å². The SMILES string of the molecule is Cc1ccc(S(=O)(=O)NCc2ccco2)cc1C(=O)N1CCCN(Cc2ccccc2)CC1. The van der Waals surface area contributed by atoms with Gasteiger partial charge in [0.15, 0.2) is 0 Å². The summed E-state index contributed by atoms with van der Waals surface area (Å²) in [6, 6.07) is 18.4. The molecule has 1 fully saturated rings. The molecule has 8 heteroatoms. The van der Waals surface area contributed by atoms with E-state index in [4.69, 9.17) is 4.42 Å². The van der Waals surface area contributed by atoms with Crippen molar-refractivity contribution in [2.45, 2.75) is 31.3 Å². The van der Waals surface area contributed by atoms with E-state index >= 15 is 0 Å². The van der Waals surface area contributed by atoms with Crippen molar-refractivity contribution >= 4 is 15.9 Å². The van der Waals surface area contributed by atoms with Gasteiger partial charge >= 0.3 is 0 Å². The van der Waals surface area contributed by atoms with Crippen molar-refractivity contribution < 1.29 is 17.6 Å². The van der Waals surface area contributed by atoms with Crippen molar-refractivity contribution in [3.63, 3.8) is 0 Å². The van der Waals surface area contributed by atoms with E-state index in [1.807, 2.05) is 30.0 Å². The minimum Gasteiger partial charge on any atom is -0.468 e. The first-order valence-electron chi connectivity index (χ1n) is 11.1. The zero-order valence-electron chi connectivity index (χ0n) is 18.7. The van der Waals surface area contributed by atoms with E-state index in [2.05, 4.69) is 21.8 Å². The molecule has 0 atom stereocenters. The molecule has 174 valence electrons. The molecule has 0 spiro atoms. The van der Waals surface area contributed by atoms with Crippen LogP contribution in [0.25, 0.3) is 0 Å². The number of carbonyl (C=O) groups is 1. The lowest BCUT2D eigenvalue weighted by molar-refractivity contribution is 0.0760. The summed E-state index contributed by atoms with van der Waals surface area (Å²) in [5.74, 6) is 0.392. The standard InChI is InChI=1S/C25H29N3O4S/c1-20-10-11-23(33(30,31)26-18-22-9-5-16-32-22)17-24(20)25(29)28-13-6-12-27(14-15-28)19-21-7-3-2-4-8-21/h2-5,7-11,16-17,26H,6,12-15,18-19H2,1H3. The van der Waals surface area contributed by atoms with Crippen LogP contribution in [0.5, 0.6) is 0 Å². The van der Waals surface area contributed by atoms with Crippen molar-refractivity contribution in [1.29, 1.82) is 0 Å². The Morgan fingerprint density at radius 3 is 2.58 bits per heavy atom. The summed E-state index contributed by atoms with van der Waals surface area (Å²) in [5.41, 5.74) is 2.44. The Labute approximate surface area is 195 Å². The Kier molecular flexibility index (Phi) is 7.27. The van der Waals surface area contributed by atoms with Crippen molar-refractivity contribution in [2.75, 3.05) is 26.2 Å². The lowest BCUT2D eigenvalue weighted by atomic mass is 10.1. The van der Waals surface area contributed by atoms with E-state index in [-0.39, 0.29) is 17.3 Å². The number of sulfonamides is 1. The lowest BCUT2D eigenvalue weighted by Gasteiger charge is -2.23. The van der Waals surface area contributed by atoms with Crippen LogP contribution in [0.1, 0.15) is 33.7 Å². The maximum Gasteiger partial charge on any atom is 0.254 e. The summed E-state index contributed by atoms with van der Waals surface area (Å²) in [6.45, 7) is 5.70. The van der Waals surface area contributed by atoms with Gasteiger partial charge in [0.2, 0.25) is 10.0 Å². The topological polar surface area (TPSA) is 82.9 Å². The number of hydrogen-bond acceptors (Lipinski definition) is 5. The molecule has 1 aliphatic rings. The highest BCUT2D eigenvalue weighted by Crippen LogP contribution is 2.19. The van der Waals surface area contributed by atoms with Gasteiger partial charge in [0.25, 0.3) is 5.91 Å². The molecule has 1 aliphatic heterocycles. The van der Waals surface area contributed by atoms with Crippen molar-refractivity contribution in [2.24, 2.45) is 0 Å². The number of rotatable bonds is 7. The highest BCUT2D eigenvalue weighted by molar-refractivity contribution is 7.89. The molecule has 1 aromatic heterocycles. The van der Waals surface area contributed by atoms with Crippen LogP contribution in [0.4, 0.5) is 0 Å². The van der Waals surface area contributed by atoms with E-state index in [9.17, 15) is 13.2 Å². The summed E-state index contributed by atoms with van der Waals surface area (Å²) < 4.78 is 33.3. The van der Waals surface area contributed by atoms with Gasteiger partial charge in [-0.15, -0.1) is 0 Å².